The maximum atomic E-state index is 13.5. The number of aliphatic imine (C=N–C) groups is 3. The van der Waals surface area contributed by atoms with Gasteiger partial charge in [0.1, 0.15) is 23.8 Å². The summed E-state index contributed by atoms with van der Waals surface area (Å²) in [4.78, 5) is 88.3. The van der Waals surface area contributed by atoms with Crippen molar-refractivity contribution in [3.63, 3.8) is 0 Å². The van der Waals surface area contributed by atoms with Crippen LogP contribution in [-0.4, -0.2) is 104 Å². The fourth-order valence-corrected chi connectivity index (χ4v) is 4.48. The summed E-state index contributed by atoms with van der Waals surface area (Å²) in [6.07, 6.45) is 0.902. The second-order valence-corrected chi connectivity index (χ2v) is 11.5. The highest BCUT2D eigenvalue weighted by molar-refractivity contribution is 5.98. The molecular weight excluding hydrogens is 696 g/mol. The first-order valence-electron chi connectivity index (χ1n) is 16.4. The molecule has 53 heavy (non-hydrogen) atoms. The summed E-state index contributed by atoms with van der Waals surface area (Å²) in [5, 5.41) is 12.4. The standard InChI is InChI=1S/C29H52N18O6/c30-16-8-7-15(12-20(16)47-38)24(51)43-13-21(48)42-14-22(49)44-18(5-2-10-40-28(34)35)25(52)46-19(6-3-11-41-29(36)37)26(53)45-17(23(31)50)4-1-9-39-27(32)33/h7-8,12,17-19,47H,1-6,9-11,13-14,30,38H2,(H2,31,50)(H,42,48)(H,43,51)(H,44,49)(H,45,53)(H,46,52)(H4,32,33,39)(H4,34,35,40)(H4,36,37,41)/p+1/t17-,18-,19-/m0/s1. The minimum Gasteiger partial charge on any atom is -0.370 e. The molecule has 294 valence electrons. The van der Waals surface area contributed by atoms with E-state index in [1.54, 1.807) is 6.07 Å². The van der Waals surface area contributed by atoms with E-state index in [1.807, 2.05) is 0 Å². The number of hydrazine groups is 1. The Morgan fingerprint density at radius 3 is 1.55 bits per heavy atom. The van der Waals surface area contributed by atoms with Crippen molar-refractivity contribution < 1.29 is 34.5 Å². The first-order valence-corrected chi connectivity index (χ1v) is 16.4. The number of nitrogen functional groups attached to an aromatic ring is 1. The van der Waals surface area contributed by atoms with Gasteiger partial charge in [0.05, 0.1) is 13.1 Å². The molecule has 24 heteroatoms. The molecule has 1 rings (SSSR count). The van der Waals surface area contributed by atoms with Gasteiger partial charge in [-0.15, -0.1) is 0 Å². The number of quaternary nitrogens is 1. The Kier molecular flexibility index (Phi) is 20.1. The van der Waals surface area contributed by atoms with Crippen molar-refractivity contribution in [3.8, 4) is 0 Å². The van der Waals surface area contributed by atoms with E-state index in [-0.39, 0.29) is 75.2 Å². The Balaban J connectivity index is 3.00. The molecule has 3 atom stereocenters. The van der Waals surface area contributed by atoms with E-state index >= 15 is 0 Å². The number of primary amides is 1. The highest BCUT2D eigenvalue weighted by atomic mass is 16.2. The van der Waals surface area contributed by atoms with E-state index in [1.165, 1.54) is 12.1 Å². The number of carbonyl (C=O) groups excluding carboxylic acids is 6. The monoisotopic (exact) mass is 749 g/mol. The number of hydrogen-bond donors (Lipinski definition) is 15. The molecule has 0 unspecified atom stereocenters. The second-order valence-electron chi connectivity index (χ2n) is 11.5. The zero-order chi connectivity index (χ0) is 39.9. The van der Waals surface area contributed by atoms with Gasteiger partial charge in [0.15, 0.2) is 23.6 Å². The smallest absolute Gasteiger partial charge is 0.251 e. The highest BCUT2D eigenvalue weighted by Crippen LogP contribution is 2.17. The highest BCUT2D eigenvalue weighted by Gasteiger charge is 2.29. The normalized spacial score (nSPS) is 12.0. The van der Waals surface area contributed by atoms with Crippen molar-refractivity contribution in [2.45, 2.75) is 56.7 Å². The van der Waals surface area contributed by atoms with Crippen LogP contribution in [0.15, 0.2) is 33.2 Å². The van der Waals surface area contributed by atoms with E-state index in [9.17, 15) is 28.8 Å². The lowest BCUT2D eigenvalue weighted by atomic mass is 10.1. The van der Waals surface area contributed by atoms with Crippen LogP contribution in [0.1, 0.15) is 48.9 Å². The Morgan fingerprint density at radius 1 is 0.623 bits per heavy atom. The predicted molar refractivity (Wildman–Crippen MR) is 197 cm³/mol. The van der Waals surface area contributed by atoms with Crippen LogP contribution < -0.4 is 83.7 Å². The largest absolute Gasteiger partial charge is 0.370 e. The summed E-state index contributed by atoms with van der Waals surface area (Å²) in [6.45, 7) is -0.625. The minimum absolute atomic E-state index is 0.0150. The Hall–Kier alpha value is -6.43. The van der Waals surface area contributed by atoms with Crippen LogP contribution in [0.4, 0.5) is 11.4 Å². The molecule has 0 aliphatic carbocycles. The Morgan fingerprint density at radius 2 is 1.08 bits per heavy atom. The quantitative estimate of drug-likeness (QED) is 0.0154. The summed E-state index contributed by atoms with van der Waals surface area (Å²) in [5.41, 5.74) is 45.0. The molecule has 0 heterocycles. The fraction of sp³-hybridized carbons (Fsp3) is 0.483. The molecule has 25 N–H and O–H groups in total. The van der Waals surface area contributed by atoms with Crippen LogP contribution in [0, 0.1) is 0 Å². The van der Waals surface area contributed by atoms with E-state index in [0.29, 0.717) is 17.8 Å². The molecule has 24 nitrogen and oxygen atoms in total. The van der Waals surface area contributed by atoms with Crippen molar-refractivity contribution in [3.05, 3.63) is 23.8 Å². The zero-order valence-electron chi connectivity index (χ0n) is 29.4. The maximum Gasteiger partial charge on any atom is 0.251 e. The Labute approximate surface area is 305 Å². The van der Waals surface area contributed by atoms with Gasteiger partial charge >= 0.3 is 0 Å². The number of nitrogens with two attached hydrogens (primary N) is 8. The molecule has 1 aromatic rings. The van der Waals surface area contributed by atoms with Crippen LogP contribution in [0.25, 0.3) is 0 Å². The molecule has 6 amide bonds. The average Bonchev–Trinajstić information content (AvgIpc) is 3.09. The minimum atomic E-state index is -1.23. The van der Waals surface area contributed by atoms with Crippen LogP contribution in [-0.2, 0) is 24.0 Å². The van der Waals surface area contributed by atoms with Crippen LogP contribution >= 0.6 is 0 Å². The first-order chi connectivity index (χ1) is 25.0. The summed E-state index contributed by atoms with van der Waals surface area (Å²) >= 11 is 0. The first kappa shape index (κ1) is 44.6. The molecule has 0 bridgehead atoms. The second kappa shape index (κ2) is 23.9. The number of nitrogens with zero attached hydrogens (tertiary/aromatic N) is 3. The topological polar surface area (TPSA) is 447 Å². The van der Waals surface area contributed by atoms with E-state index < -0.39 is 66.7 Å². The van der Waals surface area contributed by atoms with Gasteiger partial charge < -0.3 is 77.9 Å². The number of benzene rings is 1. The van der Waals surface area contributed by atoms with E-state index in [4.69, 9.17) is 46.0 Å². The number of guanidine groups is 3. The van der Waals surface area contributed by atoms with Crippen LogP contribution in [0.3, 0.4) is 0 Å². The van der Waals surface area contributed by atoms with Crippen molar-refractivity contribution in [1.29, 1.82) is 0 Å². The number of carbonyl (C=O) groups is 6. The van der Waals surface area contributed by atoms with Gasteiger partial charge in [-0.3, -0.25) is 49.6 Å². The summed E-state index contributed by atoms with van der Waals surface area (Å²) in [5.74, 6) is 0.527. The summed E-state index contributed by atoms with van der Waals surface area (Å²) in [6, 6.07) is 0.941. The number of amides is 6. The van der Waals surface area contributed by atoms with Crippen molar-refractivity contribution >= 4 is 64.7 Å². The molecule has 0 radical (unpaired) electrons. The summed E-state index contributed by atoms with van der Waals surface area (Å²) in [7, 11) is 0. The van der Waals surface area contributed by atoms with E-state index in [0.717, 1.165) is 0 Å². The van der Waals surface area contributed by atoms with Gasteiger partial charge in [-0.2, -0.15) is 0 Å². The van der Waals surface area contributed by atoms with Crippen LogP contribution in [0.2, 0.25) is 0 Å². The van der Waals surface area contributed by atoms with Crippen molar-refractivity contribution in [2.24, 2.45) is 61.0 Å². The van der Waals surface area contributed by atoms with Gasteiger partial charge in [0, 0.05) is 31.3 Å². The van der Waals surface area contributed by atoms with E-state index in [2.05, 4.69) is 52.7 Å². The molecule has 0 saturated heterocycles. The lowest BCUT2D eigenvalue weighted by Crippen LogP contribution is -2.57. The molecule has 0 aliphatic rings. The van der Waals surface area contributed by atoms with Gasteiger partial charge in [-0.25, -0.2) is 0 Å². The number of rotatable bonds is 24. The molecule has 1 aromatic carbocycles. The molecule has 0 aliphatic heterocycles. The van der Waals surface area contributed by atoms with Gasteiger partial charge in [-0.1, -0.05) is 0 Å². The molecule has 0 fully saturated rings. The fourth-order valence-electron chi connectivity index (χ4n) is 4.48. The third-order valence-corrected chi connectivity index (χ3v) is 7.16. The lowest BCUT2D eigenvalue weighted by molar-refractivity contribution is -0.253. The van der Waals surface area contributed by atoms with Crippen LogP contribution in [0.5, 0.6) is 0 Å². The third-order valence-electron chi connectivity index (χ3n) is 7.16. The molecular formula is C29H53N18O6+. The summed E-state index contributed by atoms with van der Waals surface area (Å²) < 4.78 is 0. The predicted octanol–water partition coefficient (Wildman–Crippen LogP) is -7.21. The number of anilines is 1. The SMILES string of the molecule is NNc1cc(C(=O)NCC(=O)NCC(=O)N[C@@H](CCCN=C(N)N)C(=O)N[C@@H](CCCN=C(N)N)C(=O)N[C@@H](CCCN=C(N)N)C(N)=O)ccc1[NH3+]. The third kappa shape index (κ3) is 18.9. The molecule has 0 spiro atoms. The number of hydrogen-bond acceptors (Lipinski definition) is 11. The van der Waals surface area contributed by atoms with Gasteiger partial charge in [-0.05, 0) is 50.7 Å². The van der Waals surface area contributed by atoms with Gasteiger partial charge in [0.2, 0.25) is 29.5 Å². The Bertz CT molecular complexity index is 1500. The lowest BCUT2D eigenvalue weighted by Gasteiger charge is -2.25. The number of nitrogens with one attached hydrogen (secondary N) is 6. The van der Waals surface area contributed by atoms with Crippen molar-refractivity contribution in [2.75, 3.05) is 38.1 Å². The van der Waals surface area contributed by atoms with Gasteiger partial charge in [0.25, 0.3) is 5.91 Å². The molecule has 0 saturated carbocycles. The average molecular weight is 750 g/mol. The maximum absolute atomic E-state index is 13.5. The zero-order valence-corrected chi connectivity index (χ0v) is 29.4. The van der Waals surface area contributed by atoms with Crippen molar-refractivity contribution in [1.82, 2.24) is 26.6 Å². The molecule has 0 aromatic heterocycles.